The Bertz CT molecular complexity index is 1580. The maximum atomic E-state index is 15.6. The van der Waals surface area contributed by atoms with Gasteiger partial charge in [-0.1, -0.05) is 128 Å². The third kappa shape index (κ3) is 3.85. The highest BCUT2D eigenvalue weighted by atomic mass is 31.2. The van der Waals surface area contributed by atoms with Gasteiger partial charge in [-0.3, -0.25) is 0 Å². The molecule has 5 aromatic rings. The Morgan fingerprint density at radius 1 is 0.611 bits per heavy atom. The summed E-state index contributed by atoms with van der Waals surface area (Å²) >= 11 is 0. The Morgan fingerprint density at radius 3 is 2.06 bits per heavy atom. The molecule has 1 unspecified atom stereocenters. The number of fused-ring (bicyclic) bond motifs is 3. The van der Waals surface area contributed by atoms with E-state index in [4.69, 9.17) is 0 Å². The fourth-order valence-corrected chi connectivity index (χ4v) is 8.70. The zero-order valence-corrected chi connectivity index (χ0v) is 21.4. The van der Waals surface area contributed by atoms with Crippen LogP contribution in [0.2, 0.25) is 0 Å². The maximum Gasteiger partial charge on any atom is 0.171 e. The molecule has 0 fully saturated rings. The second-order valence-corrected chi connectivity index (χ2v) is 12.3. The van der Waals surface area contributed by atoms with Gasteiger partial charge < -0.3 is 4.57 Å². The van der Waals surface area contributed by atoms with Crippen LogP contribution in [0.25, 0.3) is 11.1 Å². The minimum absolute atomic E-state index is 0.756. The molecule has 5 aromatic carbocycles. The molecule has 2 heteroatoms. The molecule has 1 atom stereocenters. The number of benzene rings is 5. The minimum Gasteiger partial charge on any atom is -0.309 e. The van der Waals surface area contributed by atoms with E-state index in [9.17, 15) is 0 Å². The Labute approximate surface area is 213 Å². The summed E-state index contributed by atoms with van der Waals surface area (Å²) in [4.78, 5) is 0. The summed E-state index contributed by atoms with van der Waals surface area (Å²) in [7, 11) is -3.14. The minimum atomic E-state index is -3.14. The van der Waals surface area contributed by atoms with Crippen molar-refractivity contribution >= 4 is 23.1 Å². The first-order valence-electron chi connectivity index (χ1n) is 12.7. The van der Waals surface area contributed by atoms with Crippen LogP contribution in [-0.2, 0) is 23.8 Å². The summed E-state index contributed by atoms with van der Waals surface area (Å²) in [5.41, 5.74) is 8.69. The second kappa shape index (κ2) is 9.41. The lowest BCUT2D eigenvalue weighted by molar-refractivity contribution is 0.592. The molecule has 1 aliphatic rings. The molecule has 0 amide bonds. The lowest BCUT2D eigenvalue weighted by atomic mass is 10.0. The van der Waals surface area contributed by atoms with Crippen LogP contribution in [-0.4, -0.2) is 0 Å². The number of hydrogen-bond acceptors (Lipinski definition) is 1. The zero-order chi connectivity index (χ0) is 24.5. The van der Waals surface area contributed by atoms with E-state index < -0.39 is 7.14 Å². The van der Waals surface area contributed by atoms with Crippen molar-refractivity contribution in [2.75, 3.05) is 0 Å². The standard InChI is InChI=1S/C34H29OP/c1-2-25-19-21-26(22-20-25)23-28-12-7-9-17-33(28)36(35,29-13-4-3-5-14-29)34-18-10-16-31-30-15-8-6-11-27(30)24-32(31)34/h3-22H,2,23-24H2,1H3. The molecular formula is C34H29OP. The van der Waals surface area contributed by atoms with E-state index >= 15 is 4.57 Å². The molecular weight excluding hydrogens is 455 g/mol. The topological polar surface area (TPSA) is 17.1 Å². The predicted molar refractivity (Wildman–Crippen MR) is 153 cm³/mol. The molecule has 0 saturated carbocycles. The number of aryl methyl sites for hydroxylation is 1. The van der Waals surface area contributed by atoms with Crippen molar-refractivity contribution < 1.29 is 4.57 Å². The summed E-state index contributed by atoms with van der Waals surface area (Å²) in [5.74, 6) is 0. The van der Waals surface area contributed by atoms with Crippen LogP contribution in [0.15, 0.2) is 121 Å². The summed E-state index contributed by atoms with van der Waals surface area (Å²) in [6, 6.07) is 42.2. The van der Waals surface area contributed by atoms with E-state index in [2.05, 4.69) is 91.9 Å². The molecule has 6 rings (SSSR count). The predicted octanol–water partition coefficient (Wildman–Crippen LogP) is 7.05. The van der Waals surface area contributed by atoms with Gasteiger partial charge in [-0.15, -0.1) is 0 Å². The normalized spacial score (nSPS) is 13.6. The lowest BCUT2D eigenvalue weighted by Gasteiger charge is -2.25. The average Bonchev–Trinajstić information content (AvgIpc) is 3.33. The molecule has 0 spiro atoms. The van der Waals surface area contributed by atoms with Crippen LogP contribution < -0.4 is 15.9 Å². The second-order valence-electron chi connectivity index (χ2n) is 9.56. The van der Waals surface area contributed by atoms with Gasteiger partial charge in [0.25, 0.3) is 0 Å². The van der Waals surface area contributed by atoms with Crippen LogP contribution in [0.4, 0.5) is 0 Å². The van der Waals surface area contributed by atoms with Gasteiger partial charge in [-0.2, -0.15) is 0 Å². The van der Waals surface area contributed by atoms with Gasteiger partial charge in [0, 0.05) is 15.9 Å². The van der Waals surface area contributed by atoms with Gasteiger partial charge in [-0.05, 0) is 58.2 Å². The molecule has 0 aromatic heterocycles. The third-order valence-electron chi connectivity index (χ3n) is 7.44. The smallest absolute Gasteiger partial charge is 0.171 e. The number of rotatable bonds is 6. The van der Waals surface area contributed by atoms with E-state index in [1.54, 1.807) is 0 Å². The first-order valence-corrected chi connectivity index (χ1v) is 14.4. The van der Waals surface area contributed by atoms with E-state index in [1.807, 2.05) is 36.4 Å². The SMILES string of the molecule is CCc1ccc(Cc2ccccc2P(=O)(c2ccccc2)c2cccc3c2Cc2ccccc2-3)cc1. The van der Waals surface area contributed by atoms with Gasteiger partial charge >= 0.3 is 0 Å². The summed E-state index contributed by atoms with van der Waals surface area (Å²) in [5, 5.41) is 2.81. The summed E-state index contributed by atoms with van der Waals surface area (Å²) < 4.78 is 15.6. The van der Waals surface area contributed by atoms with Crippen LogP contribution in [0.1, 0.15) is 34.7 Å². The Hall–Kier alpha value is -3.67. The summed E-state index contributed by atoms with van der Waals surface area (Å²) in [6.07, 6.45) is 2.60. The highest BCUT2D eigenvalue weighted by molar-refractivity contribution is 7.85. The van der Waals surface area contributed by atoms with Gasteiger partial charge in [0.2, 0.25) is 0 Å². The fraction of sp³-hybridized carbons (Fsp3) is 0.118. The molecule has 0 N–H and O–H groups in total. The highest BCUT2D eigenvalue weighted by Gasteiger charge is 2.36. The Kier molecular flexibility index (Phi) is 5.96. The molecule has 0 heterocycles. The third-order valence-corrected chi connectivity index (χ3v) is 10.7. The number of hydrogen-bond donors (Lipinski definition) is 0. The molecule has 0 aliphatic heterocycles. The van der Waals surface area contributed by atoms with Gasteiger partial charge in [0.15, 0.2) is 7.14 Å². The zero-order valence-electron chi connectivity index (χ0n) is 20.5. The molecule has 36 heavy (non-hydrogen) atoms. The Balaban J connectivity index is 1.55. The van der Waals surface area contributed by atoms with Gasteiger partial charge in [-0.25, -0.2) is 0 Å². The van der Waals surface area contributed by atoms with Crippen molar-refractivity contribution in [3.8, 4) is 11.1 Å². The molecule has 1 nitrogen and oxygen atoms in total. The first kappa shape index (κ1) is 22.8. The van der Waals surface area contributed by atoms with E-state index in [0.29, 0.717) is 0 Å². The quantitative estimate of drug-likeness (QED) is 0.232. The van der Waals surface area contributed by atoms with Gasteiger partial charge in [0.1, 0.15) is 0 Å². The summed E-state index contributed by atoms with van der Waals surface area (Å²) in [6.45, 7) is 2.18. The fourth-order valence-electron chi connectivity index (χ4n) is 5.56. The van der Waals surface area contributed by atoms with Crippen molar-refractivity contribution in [2.45, 2.75) is 26.2 Å². The van der Waals surface area contributed by atoms with Crippen LogP contribution >= 0.6 is 7.14 Å². The van der Waals surface area contributed by atoms with E-state index in [0.717, 1.165) is 40.7 Å². The van der Waals surface area contributed by atoms with Crippen LogP contribution in [0, 0.1) is 0 Å². The van der Waals surface area contributed by atoms with Crippen molar-refractivity contribution in [3.63, 3.8) is 0 Å². The van der Waals surface area contributed by atoms with Crippen molar-refractivity contribution in [1.29, 1.82) is 0 Å². The molecule has 0 bridgehead atoms. The van der Waals surface area contributed by atoms with E-state index in [-0.39, 0.29) is 0 Å². The van der Waals surface area contributed by atoms with Crippen LogP contribution in [0.5, 0.6) is 0 Å². The molecule has 0 radical (unpaired) electrons. The van der Waals surface area contributed by atoms with Crippen molar-refractivity contribution in [3.05, 3.63) is 149 Å². The molecule has 176 valence electrons. The van der Waals surface area contributed by atoms with Crippen molar-refractivity contribution in [1.82, 2.24) is 0 Å². The van der Waals surface area contributed by atoms with Crippen LogP contribution in [0.3, 0.4) is 0 Å². The molecule has 1 aliphatic carbocycles. The first-order chi connectivity index (χ1) is 17.7. The highest BCUT2D eigenvalue weighted by Crippen LogP contribution is 2.48. The monoisotopic (exact) mass is 484 g/mol. The Morgan fingerprint density at radius 2 is 1.25 bits per heavy atom. The lowest BCUT2D eigenvalue weighted by Crippen LogP contribution is -2.29. The maximum absolute atomic E-state index is 15.6. The van der Waals surface area contributed by atoms with Crippen molar-refractivity contribution in [2.24, 2.45) is 0 Å². The van der Waals surface area contributed by atoms with E-state index in [1.165, 1.54) is 33.4 Å². The molecule has 0 saturated heterocycles. The largest absolute Gasteiger partial charge is 0.309 e. The van der Waals surface area contributed by atoms with Gasteiger partial charge in [0.05, 0.1) is 0 Å². The average molecular weight is 485 g/mol.